The molecule has 1 heterocycles. The number of rotatable bonds is 8. The molecule has 1 aliphatic rings. The number of hydrogen-bond acceptors (Lipinski definition) is 5. The lowest BCUT2D eigenvalue weighted by Gasteiger charge is -2.34. The quantitative estimate of drug-likeness (QED) is 0.625. The Hall–Kier alpha value is -2.74. The van der Waals surface area contributed by atoms with Crippen LogP contribution in [0.1, 0.15) is 24.8 Å². The summed E-state index contributed by atoms with van der Waals surface area (Å²) in [6.45, 7) is 0.609. The molecule has 3 rings (SSSR count). The molecule has 1 aromatic carbocycles. The third-order valence-electron chi connectivity index (χ3n) is 4.62. The molecular weight excluding hydrogens is 334 g/mol. The number of carbonyl (C=O) groups excluding carboxylic acids is 2. The van der Waals surface area contributed by atoms with Gasteiger partial charge in [0.1, 0.15) is 5.69 Å². The third kappa shape index (κ3) is 4.45. The van der Waals surface area contributed by atoms with Crippen LogP contribution in [0.4, 0.5) is 0 Å². The molecule has 0 atom stereocenters. The zero-order valence-corrected chi connectivity index (χ0v) is 14.5. The standard InChI is InChI=1S/C18H23N5O3/c19-17(25)9-13-3-1-2-4-15(13)16-10-23(22-21-16)6-5-18(26)20-14-7-12(8-14)11-24/h1-4,10,12,14,24H,5-9,11H2,(H2,19,25)(H,20,26). The Labute approximate surface area is 151 Å². The van der Waals surface area contributed by atoms with Crippen LogP contribution in [0.25, 0.3) is 11.3 Å². The van der Waals surface area contributed by atoms with Gasteiger partial charge in [-0.3, -0.25) is 14.3 Å². The predicted molar refractivity (Wildman–Crippen MR) is 94.7 cm³/mol. The molecule has 0 radical (unpaired) electrons. The fourth-order valence-corrected chi connectivity index (χ4v) is 3.16. The number of nitrogens with zero attached hydrogens (tertiary/aromatic N) is 3. The van der Waals surface area contributed by atoms with Crippen molar-refractivity contribution < 1.29 is 14.7 Å². The number of hydrogen-bond donors (Lipinski definition) is 3. The van der Waals surface area contributed by atoms with E-state index in [0.29, 0.717) is 24.6 Å². The monoisotopic (exact) mass is 357 g/mol. The summed E-state index contributed by atoms with van der Waals surface area (Å²) in [6.07, 6.45) is 3.89. The van der Waals surface area contributed by atoms with Crippen molar-refractivity contribution >= 4 is 11.8 Å². The Kier molecular flexibility index (Phi) is 5.62. The molecule has 1 saturated carbocycles. The van der Waals surface area contributed by atoms with Gasteiger partial charge in [0.25, 0.3) is 0 Å². The average molecular weight is 357 g/mol. The van der Waals surface area contributed by atoms with Crippen molar-refractivity contribution in [3.63, 3.8) is 0 Å². The average Bonchev–Trinajstić information content (AvgIpc) is 3.04. The second-order valence-electron chi connectivity index (χ2n) is 6.70. The Morgan fingerprint density at radius 3 is 2.81 bits per heavy atom. The summed E-state index contributed by atoms with van der Waals surface area (Å²) in [5.74, 6) is -0.114. The first kappa shape index (κ1) is 18.1. The van der Waals surface area contributed by atoms with E-state index in [0.717, 1.165) is 24.0 Å². The highest BCUT2D eigenvalue weighted by atomic mass is 16.3. The van der Waals surface area contributed by atoms with Gasteiger partial charge in [-0.2, -0.15) is 0 Å². The van der Waals surface area contributed by atoms with Crippen LogP contribution in [0.15, 0.2) is 30.5 Å². The van der Waals surface area contributed by atoms with Crippen LogP contribution >= 0.6 is 0 Å². The van der Waals surface area contributed by atoms with E-state index in [4.69, 9.17) is 10.8 Å². The van der Waals surface area contributed by atoms with Crippen LogP contribution in [0.3, 0.4) is 0 Å². The lowest BCUT2D eigenvalue weighted by Crippen LogP contribution is -2.45. The molecule has 0 aliphatic heterocycles. The normalized spacial score (nSPS) is 19.0. The minimum absolute atomic E-state index is 0.0300. The molecule has 8 nitrogen and oxygen atoms in total. The first-order valence-corrected chi connectivity index (χ1v) is 8.72. The van der Waals surface area contributed by atoms with Crippen molar-refractivity contribution in [2.45, 2.75) is 38.3 Å². The molecule has 0 unspecified atom stereocenters. The summed E-state index contributed by atoms with van der Waals surface area (Å²) in [5.41, 5.74) is 7.55. The van der Waals surface area contributed by atoms with Gasteiger partial charge in [-0.15, -0.1) is 5.10 Å². The van der Waals surface area contributed by atoms with E-state index >= 15 is 0 Å². The van der Waals surface area contributed by atoms with Gasteiger partial charge in [-0.25, -0.2) is 0 Å². The Bertz CT molecular complexity index is 783. The Balaban J connectivity index is 1.55. The summed E-state index contributed by atoms with van der Waals surface area (Å²) < 4.78 is 1.62. The molecule has 4 N–H and O–H groups in total. The van der Waals surface area contributed by atoms with Crippen molar-refractivity contribution in [2.75, 3.05) is 6.61 Å². The molecule has 26 heavy (non-hydrogen) atoms. The van der Waals surface area contributed by atoms with Gasteiger partial charge in [-0.05, 0) is 24.3 Å². The van der Waals surface area contributed by atoms with Gasteiger partial charge in [0.15, 0.2) is 0 Å². The third-order valence-corrected chi connectivity index (χ3v) is 4.62. The lowest BCUT2D eigenvalue weighted by molar-refractivity contribution is -0.123. The molecule has 8 heteroatoms. The molecule has 1 aliphatic carbocycles. The van der Waals surface area contributed by atoms with Gasteiger partial charge >= 0.3 is 0 Å². The number of benzene rings is 1. The molecule has 0 bridgehead atoms. The van der Waals surface area contributed by atoms with Crippen LogP contribution in [0, 0.1) is 5.92 Å². The molecule has 0 saturated heterocycles. The number of nitrogens with one attached hydrogen (secondary N) is 1. The summed E-state index contributed by atoms with van der Waals surface area (Å²) in [5, 5.41) is 20.2. The number of amides is 2. The maximum atomic E-state index is 12.0. The first-order valence-electron chi connectivity index (χ1n) is 8.72. The van der Waals surface area contributed by atoms with Crippen molar-refractivity contribution in [2.24, 2.45) is 11.7 Å². The van der Waals surface area contributed by atoms with Crippen molar-refractivity contribution in [1.82, 2.24) is 20.3 Å². The second kappa shape index (κ2) is 8.09. The van der Waals surface area contributed by atoms with Crippen LogP contribution in [0.5, 0.6) is 0 Å². The van der Waals surface area contributed by atoms with Gasteiger partial charge in [0.05, 0.1) is 19.2 Å². The molecule has 2 aromatic rings. The van der Waals surface area contributed by atoms with Crippen LogP contribution in [0.2, 0.25) is 0 Å². The Morgan fingerprint density at radius 1 is 1.31 bits per heavy atom. The van der Waals surface area contributed by atoms with Crippen LogP contribution in [-0.2, 0) is 22.6 Å². The van der Waals surface area contributed by atoms with Gasteiger partial charge < -0.3 is 16.2 Å². The summed E-state index contributed by atoms with van der Waals surface area (Å²) in [6, 6.07) is 7.59. The smallest absolute Gasteiger partial charge is 0.222 e. The van der Waals surface area contributed by atoms with E-state index in [1.807, 2.05) is 24.3 Å². The number of aliphatic hydroxyl groups is 1. The maximum absolute atomic E-state index is 12.0. The number of aromatic nitrogens is 3. The number of aryl methyl sites for hydroxylation is 1. The fraction of sp³-hybridized carbons (Fsp3) is 0.444. The van der Waals surface area contributed by atoms with E-state index in [9.17, 15) is 9.59 Å². The topological polar surface area (TPSA) is 123 Å². The number of aliphatic hydroxyl groups excluding tert-OH is 1. The highest BCUT2D eigenvalue weighted by Crippen LogP contribution is 2.26. The molecule has 2 amide bonds. The maximum Gasteiger partial charge on any atom is 0.222 e. The molecule has 0 spiro atoms. The first-order chi connectivity index (χ1) is 12.5. The van der Waals surface area contributed by atoms with Gasteiger partial charge in [0, 0.05) is 24.6 Å². The van der Waals surface area contributed by atoms with Gasteiger partial charge in [0.2, 0.25) is 11.8 Å². The zero-order chi connectivity index (χ0) is 18.5. The van der Waals surface area contributed by atoms with Crippen LogP contribution < -0.4 is 11.1 Å². The highest BCUT2D eigenvalue weighted by Gasteiger charge is 2.29. The largest absolute Gasteiger partial charge is 0.396 e. The summed E-state index contributed by atoms with van der Waals surface area (Å²) >= 11 is 0. The number of nitrogens with two attached hydrogens (primary N) is 1. The van der Waals surface area contributed by atoms with E-state index in [1.54, 1.807) is 10.9 Å². The summed E-state index contributed by atoms with van der Waals surface area (Å²) in [4.78, 5) is 23.2. The number of carbonyl (C=O) groups is 2. The zero-order valence-electron chi connectivity index (χ0n) is 14.5. The Morgan fingerprint density at radius 2 is 2.08 bits per heavy atom. The minimum atomic E-state index is -0.402. The molecule has 1 aromatic heterocycles. The minimum Gasteiger partial charge on any atom is -0.396 e. The fourth-order valence-electron chi connectivity index (χ4n) is 3.16. The van der Waals surface area contributed by atoms with E-state index in [2.05, 4.69) is 15.6 Å². The van der Waals surface area contributed by atoms with E-state index < -0.39 is 5.91 Å². The van der Waals surface area contributed by atoms with Crippen molar-refractivity contribution in [3.8, 4) is 11.3 Å². The van der Waals surface area contributed by atoms with Crippen LogP contribution in [-0.4, -0.2) is 44.6 Å². The van der Waals surface area contributed by atoms with E-state index in [1.165, 1.54) is 0 Å². The molecule has 138 valence electrons. The SMILES string of the molecule is NC(=O)Cc1ccccc1-c1cn(CCC(=O)NC2CC(CO)C2)nn1. The van der Waals surface area contributed by atoms with Crippen molar-refractivity contribution in [1.29, 1.82) is 0 Å². The van der Waals surface area contributed by atoms with Crippen molar-refractivity contribution in [3.05, 3.63) is 36.0 Å². The van der Waals surface area contributed by atoms with Gasteiger partial charge in [-0.1, -0.05) is 29.5 Å². The van der Waals surface area contributed by atoms with E-state index in [-0.39, 0.29) is 25.0 Å². The number of primary amides is 1. The highest BCUT2D eigenvalue weighted by molar-refractivity contribution is 5.79. The summed E-state index contributed by atoms with van der Waals surface area (Å²) in [7, 11) is 0. The predicted octanol–water partition coefficient (Wildman–Crippen LogP) is 0.250. The lowest BCUT2D eigenvalue weighted by atomic mass is 9.81. The second-order valence-corrected chi connectivity index (χ2v) is 6.70. The molecular formula is C18H23N5O3. The molecule has 1 fully saturated rings.